The first-order valence-electron chi connectivity index (χ1n) is 8.52. The molecular formula is C17H29N3O2S. The first kappa shape index (κ1) is 18.4. The second-order valence-corrected chi connectivity index (χ2v) is 7.96. The normalized spacial score (nSPS) is 17.5. The molecule has 130 valence electrons. The molecule has 1 aliphatic rings. The molecule has 6 heteroatoms. The molecule has 2 rings (SSSR count). The molecule has 1 saturated heterocycles. The summed E-state index contributed by atoms with van der Waals surface area (Å²) in [6.45, 7) is 11.4. The third kappa shape index (κ3) is 5.88. The lowest BCUT2D eigenvalue weighted by Crippen LogP contribution is -2.46. The number of benzene rings is 1. The van der Waals surface area contributed by atoms with Crippen molar-refractivity contribution in [3.05, 3.63) is 29.8 Å². The van der Waals surface area contributed by atoms with Crippen LogP contribution in [0.4, 0.5) is 0 Å². The number of piperazine rings is 1. The smallest absolute Gasteiger partial charge is 0.240 e. The Morgan fingerprint density at radius 3 is 2.22 bits per heavy atom. The number of aryl methyl sites for hydroxylation is 1. The minimum Gasteiger partial charge on any atom is -0.301 e. The van der Waals surface area contributed by atoms with Gasteiger partial charge in [0.15, 0.2) is 0 Å². The second kappa shape index (κ2) is 8.78. The molecule has 0 amide bonds. The van der Waals surface area contributed by atoms with Crippen molar-refractivity contribution >= 4 is 10.0 Å². The van der Waals surface area contributed by atoms with Crippen LogP contribution in [-0.2, 0) is 10.0 Å². The number of sulfonamides is 1. The van der Waals surface area contributed by atoms with Gasteiger partial charge in [0.05, 0.1) is 4.90 Å². The molecule has 0 bridgehead atoms. The van der Waals surface area contributed by atoms with E-state index < -0.39 is 10.0 Å². The van der Waals surface area contributed by atoms with Crippen molar-refractivity contribution in [1.29, 1.82) is 0 Å². The maximum Gasteiger partial charge on any atom is 0.240 e. The summed E-state index contributed by atoms with van der Waals surface area (Å²) in [5.74, 6) is 0. The Balaban J connectivity index is 1.64. The van der Waals surface area contributed by atoms with E-state index in [0.29, 0.717) is 11.4 Å². The maximum atomic E-state index is 12.2. The van der Waals surface area contributed by atoms with Crippen LogP contribution in [0.5, 0.6) is 0 Å². The molecule has 0 aliphatic carbocycles. The van der Waals surface area contributed by atoms with Gasteiger partial charge in [0, 0.05) is 32.7 Å². The zero-order valence-electron chi connectivity index (χ0n) is 14.3. The summed E-state index contributed by atoms with van der Waals surface area (Å²) in [5, 5.41) is 0. The van der Waals surface area contributed by atoms with Gasteiger partial charge in [0.2, 0.25) is 10.0 Å². The van der Waals surface area contributed by atoms with Gasteiger partial charge in [-0.2, -0.15) is 0 Å². The Hall–Kier alpha value is -0.950. The fourth-order valence-electron chi connectivity index (χ4n) is 2.80. The summed E-state index contributed by atoms with van der Waals surface area (Å²) < 4.78 is 27.0. The molecule has 0 unspecified atom stereocenters. The van der Waals surface area contributed by atoms with Gasteiger partial charge in [-0.05, 0) is 45.0 Å². The molecule has 1 aliphatic heterocycles. The summed E-state index contributed by atoms with van der Waals surface area (Å²) in [4.78, 5) is 5.28. The molecule has 0 spiro atoms. The monoisotopic (exact) mass is 339 g/mol. The first-order valence-corrected chi connectivity index (χ1v) is 10.0. The molecule has 1 aromatic carbocycles. The Bertz CT molecular complexity index is 564. The summed E-state index contributed by atoms with van der Waals surface area (Å²) >= 11 is 0. The van der Waals surface area contributed by atoms with Crippen molar-refractivity contribution in [2.24, 2.45) is 0 Å². The minimum absolute atomic E-state index is 0.346. The van der Waals surface area contributed by atoms with Crippen LogP contribution in [0, 0.1) is 6.92 Å². The molecule has 1 aromatic rings. The highest BCUT2D eigenvalue weighted by Gasteiger charge is 2.15. The van der Waals surface area contributed by atoms with Gasteiger partial charge in [0.25, 0.3) is 0 Å². The van der Waals surface area contributed by atoms with E-state index in [9.17, 15) is 8.42 Å². The number of hydrogen-bond acceptors (Lipinski definition) is 4. The number of likely N-dealkylation sites (N-methyl/N-ethyl adjacent to an activating group) is 1. The first-order chi connectivity index (χ1) is 11.0. The van der Waals surface area contributed by atoms with E-state index in [4.69, 9.17) is 0 Å². The number of unbranched alkanes of at least 4 members (excludes halogenated alkanes) is 1. The Morgan fingerprint density at radius 2 is 1.61 bits per heavy atom. The van der Waals surface area contributed by atoms with Gasteiger partial charge in [-0.25, -0.2) is 13.1 Å². The molecule has 0 saturated carbocycles. The van der Waals surface area contributed by atoms with Gasteiger partial charge < -0.3 is 9.80 Å². The standard InChI is InChI=1S/C17H29N3O2S/c1-3-19-12-14-20(15-13-19)11-5-4-10-18-23(21,22)17-8-6-16(2)7-9-17/h6-9,18H,3-5,10-15H2,1-2H3. The number of rotatable bonds is 8. The molecular weight excluding hydrogens is 310 g/mol. The van der Waals surface area contributed by atoms with Gasteiger partial charge >= 0.3 is 0 Å². The predicted octanol–water partition coefficient (Wildman–Crippen LogP) is 1.69. The molecule has 1 N–H and O–H groups in total. The van der Waals surface area contributed by atoms with E-state index in [1.807, 2.05) is 19.1 Å². The average Bonchev–Trinajstić information content (AvgIpc) is 2.55. The Kier molecular flexibility index (Phi) is 7.02. The molecule has 5 nitrogen and oxygen atoms in total. The lowest BCUT2D eigenvalue weighted by Gasteiger charge is -2.33. The van der Waals surface area contributed by atoms with Crippen LogP contribution in [0.15, 0.2) is 29.2 Å². The van der Waals surface area contributed by atoms with Crippen LogP contribution in [0.1, 0.15) is 25.3 Å². The zero-order chi connectivity index (χ0) is 16.7. The van der Waals surface area contributed by atoms with Crippen molar-refractivity contribution in [1.82, 2.24) is 14.5 Å². The number of hydrogen-bond donors (Lipinski definition) is 1. The van der Waals surface area contributed by atoms with Crippen molar-refractivity contribution in [2.45, 2.75) is 31.6 Å². The van der Waals surface area contributed by atoms with Gasteiger partial charge in [-0.15, -0.1) is 0 Å². The number of nitrogens with zero attached hydrogens (tertiary/aromatic N) is 2. The van der Waals surface area contributed by atoms with Crippen LogP contribution in [0.25, 0.3) is 0 Å². The van der Waals surface area contributed by atoms with Gasteiger partial charge in [0.1, 0.15) is 0 Å². The molecule has 1 fully saturated rings. The van der Waals surface area contributed by atoms with Crippen LogP contribution >= 0.6 is 0 Å². The van der Waals surface area contributed by atoms with Crippen LogP contribution < -0.4 is 4.72 Å². The topological polar surface area (TPSA) is 52.6 Å². The van der Waals surface area contributed by atoms with Gasteiger partial charge in [-0.1, -0.05) is 24.6 Å². The largest absolute Gasteiger partial charge is 0.301 e. The van der Waals surface area contributed by atoms with E-state index in [2.05, 4.69) is 21.4 Å². The van der Waals surface area contributed by atoms with Crippen molar-refractivity contribution in [2.75, 3.05) is 45.8 Å². The third-order valence-corrected chi connectivity index (χ3v) is 5.91. The van der Waals surface area contributed by atoms with E-state index >= 15 is 0 Å². The quantitative estimate of drug-likeness (QED) is 0.733. The SMILES string of the molecule is CCN1CCN(CCCCNS(=O)(=O)c2ccc(C)cc2)CC1. The van der Waals surface area contributed by atoms with E-state index in [1.54, 1.807) is 12.1 Å². The molecule has 23 heavy (non-hydrogen) atoms. The summed E-state index contributed by atoms with van der Waals surface area (Å²) in [7, 11) is -3.36. The molecule has 1 heterocycles. The lowest BCUT2D eigenvalue weighted by atomic mass is 10.2. The Labute approximate surface area is 140 Å². The van der Waals surface area contributed by atoms with E-state index in [-0.39, 0.29) is 0 Å². The highest BCUT2D eigenvalue weighted by atomic mass is 32.2. The van der Waals surface area contributed by atoms with Crippen LogP contribution in [-0.4, -0.2) is 64.0 Å². The second-order valence-electron chi connectivity index (χ2n) is 6.19. The fourth-order valence-corrected chi connectivity index (χ4v) is 3.87. The Morgan fingerprint density at radius 1 is 1.00 bits per heavy atom. The van der Waals surface area contributed by atoms with Crippen LogP contribution in [0.2, 0.25) is 0 Å². The van der Waals surface area contributed by atoms with Gasteiger partial charge in [-0.3, -0.25) is 0 Å². The summed E-state index contributed by atoms with van der Waals surface area (Å²) in [6, 6.07) is 6.96. The lowest BCUT2D eigenvalue weighted by molar-refractivity contribution is 0.136. The molecule has 0 aromatic heterocycles. The minimum atomic E-state index is -3.36. The van der Waals surface area contributed by atoms with E-state index in [1.165, 1.54) is 0 Å². The highest BCUT2D eigenvalue weighted by Crippen LogP contribution is 2.10. The average molecular weight is 340 g/mol. The predicted molar refractivity (Wildman–Crippen MR) is 94.2 cm³/mol. The van der Waals surface area contributed by atoms with Crippen molar-refractivity contribution < 1.29 is 8.42 Å². The van der Waals surface area contributed by atoms with Crippen molar-refractivity contribution in [3.63, 3.8) is 0 Å². The van der Waals surface area contributed by atoms with Crippen molar-refractivity contribution in [3.8, 4) is 0 Å². The third-order valence-electron chi connectivity index (χ3n) is 4.44. The molecule has 0 atom stereocenters. The summed E-state index contributed by atoms with van der Waals surface area (Å²) in [6.07, 6.45) is 1.90. The van der Waals surface area contributed by atoms with Crippen LogP contribution in [0.3, 0.4) is 0 Å². The fraction of sp³-hybridized carbons (Fsp3) is 0.647. The highest BCUT2D eigenvalue weighted by molar-refractivity contribution is 7.89. The summed E-state index contributed by atoms with van der Waals surface area (Å²) in [5.41, 5.74) is 1.06. The zero-order valence-corrected chi connectivity index (χ0v) is 15.1. The van der Waals surface area contributed by atoms with E-state index in [0.717, 1.165) is 57.7 Å². The molecule has 0 radical (unpaired) electrons. The maximum absolute atomic E-state index is 12.2. The number of nitrogens with one attached hydrogen (secondary N) is 1.